The number of hydrogen-bond donors (Lipinski definition) is 1. The van der Waals surface area contributed by atoms with Gasteiger partial charge in [0.05, 0.1) is 15.6 Å². The second kappa shape index (κ2) is 7.74. The highest BCUT2D eigenvalue weighted by atomic mass is 35.5. The number of anilines is 1. The fourth-order valence-electron chi connectivity index (χ4n) is 2.11. The van der Waals surface area contributed by atoms with Gasteiger partial charge in [-0.25, -0.2) is 17.5 Å². The molecule has 0 aromatic heterocycles. The highest BCUT2D eigenvalue weighted by Crippen LogP contribution is 2.25. The lowest BCUT2D eigenvalue weighted by atomic mass is 10.3. The number of nitrogens with one attached hydrogen (secondary N) is 1. The Hall–Kier alpha value is -1.96. The monoisotopic (exact) mass is 370 g/mol. The molecule has 0 unspecified atom stereocenters. The Morgan fingerprint density at radius 2 is 1.79 bits per heavy atom. The van der Waals surface area contributed by atoms with Crippen LogP contribution in [0.1, 0.15) is 6.92 Å². The number of halogens is 2. The second-order valence-electron chi connectivity index (χ2n) is 4.97. The van der Waals surface area contributed by atoms with E-state index < -0.39 is 15.8 Å². The summed E-state index contributed by atoms with van der Waals surface area (Å²) in [4.78, 5) is 13.1. The molecule has 2 aromatic rings. The SMILES string of the molecule is CC(=O)N(CCNS(=O)(=O)c1ccc(F)cc1)c1ccccc1Cl. The number of para-hydroxylation sites is 1. The summed E-state index contributed by atoms with van der Waals surface area (Å²) in [7, 11) is -3.78. The lowest BCUT2D eigenvalue weighted by Gasteiger charge is -2.22. The molecule has 1 N–H and O–H groups in total. The van der Waals surface area contributed by atoms with Crippen LogP contribution in [-0.4, -0.2) is 27.4 Å². The third kappa shape index (κ3) is 4.53. The molecule has 0 atom stereocenters. The molecule has 0 saturated carbocycles. The number of hydrogen-bond acceptors (Lipinski definition) is 3. The van der Waals surface area contributed by atoms with Gasteiger partial charge in [0.25, 0.3) is 0 Å². The Bertz CT molecular complexity index is 825. The van der Waals surface area contributed by atoms with Gasteiger partial charge in [-0.3, -0.25) is 4.79 Å². The van der Waals surface area contributed by atoms with Crippen LogP contribution in [-0.2, 0) is 14.8 Å². The van der Waals surface area contributed by atoms with Crippen molar-refractivity contribution in [2.75, 3.05) is 18.0 Å². The zero-order valence-corrected chi connectivity index (χ0v) is 14.4. The molecule has 8 heteroatoms. The highest BCUT2D eigenvalue weighted by molar-refractivity contribution is 7.89. The van der Waals surface area contributed by atoms with Gasteiger partial charge in [-0.2, -0.15) is 0 Å². The average Bonchev–Trinajstić information content (AvgIpc) is 2.53. The van der Waals surface area contributed by atoms with E-state index >= 15 is 0 Å². The van der Waals surface area contributed by atoms with E-state index in [1.54, 1.807) is 24.3 Å². The van der Waals surface area contributed by atoms with Crippen molar-refractivity contribution in [3.8, 4) is 0 Å². The molecule has 5 nitrogen and oxygen atoms in total. The van der Waals surface area contributed by atoms with Gasteiger partial charge in [0.1, 0.15) is 5.82 Å². The third-order valence-electron chi connectivity index (χ3n) is 3.27. The molecular formula is C16H16ClFN2O3S. The number of carbonyl (C=O) groups excluding carboxylic acids is 1. The smallest absolute Gasteiger partial charge is 0.240 e. The molecule has 2 aromatic carbocycles. The van der Waals surface area contributed by atoms with E-state index in [1.165, 1.54) is 24.0 Å². The summed E-state index contributed by atoms with van der Waals surface area (Å²) >= 11 is 6.07. The number of carbonyl (C=O) groups is 1. The van der Waals surface area contributed by atoms with Crippen molar-refractivity contribution in [2.24, 2.45) is 0 Å². The van der Waals surface area contributed by atoms with Crippen molar-refractivity contribution in [3.63, 3.8) is 0 Å². The minimum Gasteiger partial charge on any atom is -0.310 e. The summed E-state index contributed by atoms with van der Waals surface area (Å²) in [5, 5.41) is 0.397. The predicted octanol–water partition coefficient (Wildman–Crippen LogP) is 2.81. The largest absolute Gasteiger partial charge is 0.310 e. The van der Waals surface area contributed by atoms with Crippen LogP contribution in [0, 0.1) is 5.82 Å². The first-order valence-corrected chi connectivity index (χ1v) is 8.95. The Balaban J connectivity index is 2.07. The third-order valence-corrected chi connectivity index (χ3v) is 5.07. The average molecular weight is 371 g/mol. The molecule has 0 bridgehead atoms. The van der Waals surface area contributed by atoms with Crippen LogP contribution in [0.25, 0.3) is 0 Å². The number of amides is 1. The normalized spacial score (nSPS) is 11.3. The van der Waals surface area contributed by atoms with Crippen molar-refractivity contribution in [3.05, 3.63) is 59.4 Å². The first-order valence-electron chi connectivity index (χ1n) is 7.09. The van der Waals surface area contributed by atoms with Crippen LogP contribution in [0.2, 0.25) is 5.02 Å². The van der Waals surface area contributed by atoms with Gasteiger partial charge in [0, 0.05) is 20.0 Å². The zero-order chi connectivity index (χ0) is 17.7. The van der Waals surface area contributed by atoms with Gasteiger partial charge in [0.15, 0.2) is 0 Å². The molecule has 0 aliphatic carbocycles. The molecule has 128 valence electrons. The van der Waals surface area contributed by atoms with Crippen molar-refractivity contribution in [2.45, 2.75) is 11.8 Å². The van der Waals surface area contributed by atoms with Gasteiger partial charge in [0.2, 0.25) is 15.9 Å². The van der Waals surface area contributed by atoms with Crippen molar-refractivity contribution < 1.29 is 17.6 Å². The van der Waals surface area contributed by atoms with Crippen LogP contribution in [0.5, 0.6) is 0 Å². The molecule has 0 aliphatic heterocycles. The minimum absolute atomic E-state index is 0.00941. The van der Waals surface area contributed by atoms with Crippen molar-refractivity contribution >= 4 is 33.2 Å². The van der Waals surface area contributed by atoms with Gasteiger partial charge in [-0.15, -0.1) is 0 Å². The predicted molar refractivity (Wildman–Crippen MR) is 91.1 cm³/mol. The number of rotatable bonds is 6. The molecule has 0 radical (unpaired) electrons. The molecule has 0 aliphatic rings. The van der Waals surface area contributed by atoms with E-state index in [2.05, 4.69) is 4.72 Å². The molecule has 1 amide bonds. The van der Waals surface area contributed by atoms with Gasteiger partial charge in [-0.1, -0.05) is 23.7 Å². The maximum atomic E-state index is 12.9. The van der Waals surface area contributed by atoms with Crippen molar-refractivity contribution in [1.82, 2.24) is 4.72 Å². The van der Waals surface area contributed by atoms with Crippen LogP contribution in [0.4, 0.5) is 10.1 Å². The Morgan fingerprint density at radius 3 is 2.38 bits per heavy atom. The maximum absolute atomic E-state index is 12.9. The molecule has 24 heavy (non-hydrogen) atoms. The molecule has 0 fully saturated rings. The summed E-state index contributed by atoms with van der Waals surface area (Å²) in [6, 6.07) is 11.3. The summed E-state index contributed by atoms with van der Waals surface area (Å²) in [5.41, 5.74) is 0.507. The van der Waals surface area contributed by atoms with E-state index in [9.17, 15) is 17.6 Å². The molecule has 0 saturated heterocycles. The fourth-order valence-corrected chi connectivity index (χ4v) is 3.37. The summed E-state index contributed by atoms with van der Waals surface area (Å²) < 4.78 is 39.5. The topological polar surface area (TPSA) is 66.5 Å². The standard InChI is InChI=1S/C16H16ClFN2O3S/c1-12(21)20(16-5-3-2-4-15(16)17)11-10-19-24(22,23)14-8-6-13(18)7-9-14/h2-9,19H,10-11H2,1H3. The van der Waals surface area contributed by atoms with Gasteiger partial charge < -0.3 is 4.90 Å². The second-order valence-corrected chi connectivity index (χ2v) is 7.15. The van der Waals surface area contributed by atoms with E-state index in [4.69, 9.17) is 11.6 Å². The van der Waals surface area contributed by atoms with Crippen LogP contribution in [0.3, 0.4) is 0 Å². The number of nitrogens with zero attached hydrogens (tertiary/aromatic N) is 1. The van der Waals surface area contributed by atoms with Gasteiger partial charge >= 0.3 is 0 Å². The molecule has 0 heterocycles. The van der Waals surface area contributed by atoms with E-state index in [-0.39, 0.29) is 23.9 Å². The summed E-state index contributed by atoms with van der Waals surface area (Å²) in [5.74, 6) is -0.778. The maximum Gasteiger partial charge on any atom is 0.240 e. The molecule has 2 rings (SSSR count). The van der Waals surface area contributed by atoms with Crippen LogP contribution < -0.4 is 9.62 Å². The molecular weight excluding hydrogens is 355 g/mol. The molecule has 0 spiro atoms. The fraction of sp³-hybridized carbons (Fsp3) is 0.188. The zero-order valence-electron chi connectivity index (χ0n) is 12.9. The first-order chi connectivity index (χ1) is 11.3. The Morgan fingerprint density at radius 1 is 1.17 bits per heavy atom. The van der Waals surface area contributed by atoms with Crippen LogP contribution >= 0.6 is 11.6 Å². The van der Waals surface area contributed by atoms with Crippen LogP contribution in [0.15, 0.2) is 53.4 Å². The van der Waals surface area contributed by atoms with E-state index in [0.717, 1.165) is 12.1 Å². The lowest BCUT2D eigenvalue weighted by Crippen LogP contribution is -2.37. The number of sulfonamides is 1. The van der Waals surface area contributed by atoms with Gasteiger partial charge in [-0.05, 0) is 36.4 Å². The first kappa shape index (κ1) is 18.4. The number of benzene rings is 2. The summed E-state index contributed by atoms with van der Waals surface area (Å²) in [6.45, 7) is 1.47. The van der Waals surface area contributed by atoms with Crippen molar-refractivity contribution in [1.29, 1.82) is 0 Å². The van der Waals surface area contributed by atoms with E-state index in [1.807, 2.05) is 0 Å². The Kier molecular flexibility index (Phi) is 5.93. The minimum atomic E-state index is -3.78. The summed E-state index contributed by atoms with van der Waals surface area (Å²) in [6.07, 6.45) is 0. The van der Waals surface area contributed by atoms with E-state index in [0.29, 0.717) is 10.7 Å². The lowest BCUT2D eigenvalue weighted by molar-refractivity contribution is -0.116. The quantitative estimate of drug-likeness (QED) is 0.850. The highest BCUT2D eigenvalue weighted by Gasteiger charge is 2.17. The Labute approximate surface area is 145 Å².